The molecule has 5 rings (SSSR count). The highest BCUT2D eigenvalue weighted by molar-refractivity contribution is 5.81. The van der Waals surface area contributed by atoms with Gasteiger partial charge in [-0.1, -0.05) is 12.7 Å². The molecule has 5 heterocycles. The molecule has 0 saturated carbocycles. The smallest absolute Gasteiger partial charge is 0.0894 e. The number of rotatable bonds is 1. The third-order valence-electron chi connectivity index (χ3n) is 4.47. The van der Waals surface area contributed by atoms with Crippen LogP contribution in [0.3, 0.4) is 0 Å². The maximum atomic E-state index is 10.7. The highest BCUT2D eigenvalue weighted by atomic mass is 16.5. The molecule has 0 saturated heterocycles. The van der Waals surface area contributed by atoms with Crippen molar-refractivity contribution in [3.8, 4) is 0 Å². The summed E-state index contributed by atoms with van der Waals surface area (Å²) in [6, 6.07) is 11.5. The predicted molar refractivity (Wildman–Crippen MR) is 110 cm³/mol. The predicted octanol–water partition coefficient (Wildman–Crippen LogP) is 5.01. The number of aromatic nitrogens is 4. The lowest BCUT2D eigenvalue weighted by Gasteiger charge is -1.95. The van der Waals surface area contributed by atoms with Crippen molar-refractivity contribution in [3.63, 3.8) is 0 Å². The van der Waals surface area contributed by atoms with Crippen molar-refractivity contribution in [3.05, 3.63) is 77.4 Å². The van der Waals surface area contributed by atoms with Crippen LogP contribution in [0.5, 0.6) is 0 Å². The van der Waals surface area contributed by atoms with Gasteiger partial charge in [0.05, 0.1) is 35.2 Å². The summed E-state index contributed by atoms with van der Waals surface area (Å²) < 4.78 is 9.44. The molecule has 5 heteroatoms. The fourth-order valence-electron chi connectivity index (χ4n) is 3.20. The molecular weight excluding hydrogens is 336 g/mol. The van der Waals surface area contributed by atoms with Gasteiger partial charge in [-0.3, -0.25) is 0 Å². The summed E-state index contributed by atoms with van der Waals surface area (Å²) in [7, 11) is 0. The molecule has 0 unspecified atom stereocenters. The highest BCUT2D eigenvalue weighted by Crippen LogP contribution is 2.22. The van der Waals surface area contributed by atoms with E-state index >= 15 is 0 Å². The van der Waals surface area contributed by atoms with Crippen LogP contribution in [0.15, 0.2) is 49.0 Å². The molecular formula is C22H16N4O. The van der Waals surface area contributed by atoms with Crippen molar-refractivity contribution in [2.24, 2.45) is 0 Å². The first-order chi connectivity index (χ1) is 13.6. The van der Waals surface area contributed by atoms with E-state index in [2.05, 4.69) is 21.5 Å². The number of aromatic amines is 1. The Bertz CT molecular complexity index is 1360. The minimum absolute atomic E-state index is 0.188. The third kappa shape index (κ3) is 2.75. The Hall–Kier alpha value is -3.86. The first kappa shape index (κ1) is 14.3. The minimum Gasteiger partial charge on any atom is -0.428 e. The molecule has 2 aliphatic heterocycles. The average Bonchev–Trinajstić information content (AvgIpc) is 3.44. The van der Waals surface area contributed by atoms with E-state index in [4.69, 9.17) is 1.37 Å². The molecule has 0 atom stereocenters. The van der Waals surface area contributed by atoms with Gasteiger partial charge in [-0.15, -0.1) is 0 Å². The lowest BCUT2D eigenvalue weighted by Crippen LogP contribution is -1.89. The molecule has 0 aromatic carbocycles. The molecule has 0 aliphatic carbocycles. The van der Waals surface area contributed by atoms with Crippen LogP contribution in [-0.4, -0.2) is 24.9 Å². The van der Waals surface area contributed by atoms with Crippen LogP contribution in [0.1, 0.15) is 29.7 Å². The normalized spacial score (nSPS) is 13.0. The van der Waals surface area contributed by atoms with Gasteiger partial charge < -0.3 is 10.2 Å². The Labute approximate surface area is 156 Å². The zero-order chi connectivity index (χ0) is 19.3. The van der Waals surface area contributed by atoms with Gasteiger partial charge in [0, 0.05) is 16.6 Å². The SMILES string of the molecule is [2H]c1c(C=C)c2cc3nc(cc4ccc(cc5nc(cc1n2O)C=C5)[nH]4)C=C3. The lowest BCUT2D eigenvalue weighted by molar-refractivity contribution is 0.212. The Morgan fingerprint density at radius 1 is 0.926 bits per heavy atom. The number of hydrogen-bond donors (Lipinski definition) is 2. The van der Waals surface area contributed by atoms with E-state index in [1.165, 1.54) is 0 Å². The highest BCUT2D eigenvalue weighted by Gasteiger charge is 2.07. The molecule has 27 heavy (non-hydrogen) atoms. The summed E-state index contributed by atoms with van der Waals surface area (Å²) in [4.78, 5) is 12.5. The average molecular weight is 353 g/mol. The summed E-state index contributed by atoms with van der Waals surface area (Å²) in [5.41, 5.74) is 6.16. The first-order valence-corrected chi connectivity index (χ1v) is 8.53. The van der Waals surface area contributed by atoms with E-state index in [1.54, 1.807) is 18.2 Å². The van der Waals surface area contributed by atoms with Crippen molar-refractivity contribution in [1.29, 1.82) is 0 Å². The van der Waals surface area contributed by atoms with Crippen LogP contribution in [-0.2, 0) is 0 Å². The summed E-state index contributed by atoms with van der Waals surface area (Å²) in [5, 5.41) is 10.7. The molecule has 0 amide bonds. The summed E-state index contributed by atoms with van der Waals surface area (Å²) >= 11 is 0. The van der Waals surface area contributed by atoms with Gasteiger partial charge in [0.1, 0.15) is 0 Å². The Morgan fingerprint density at radius 2 is 1.48 bits per heavy atom. The standard InChI is InChI=1S/C22H16N4O/c1-2-14-9-21-12-19-7-5-17(24-19)10-15-3-4-16(23-15)11-18-6-8-20(25-18)13-22(14)26(21)27/h2-13,23,27H,1H2/i9D. The van der Waals surface area contributed by atoms with E-state index in [0.717, 1.165) is 27.2 Å². The van der Waals surface area contributed by atoms with Crippen LogP contribution in [0.2, 0.25) is 0 Å². The van der Waals surface area contributed by atoms with Crippen molar-refractivity contribution in [2.45, 2.75) is 0 Å². The molecule has 2 aliphatic rings. The second-order valence-corrected chi connectivity index (χ2v) is 6.36. The molecule has 0 radical (unpaired) electrons. The lowest BCUT2D eigenvalue weighted by atomic mass is 10.2. The van der Waals surface area contributed by atoms with E-state index < -0.39 is 0 Å². The van der Waals surface area contributed by atoms with Crippen LogP contribution in [0, 0.1) is 0 Å². The Kier molecular flexibility index (Phi) is 3.10. The zero-order valence-corrected chi connectivity index (χ0v) is 14.3. The van der Waals surface area contributed by atoms with Crippen molar-refractivity contribution < 1.29 is 6.58 Å². The summed E-state index contributed by atoms with van der Waals surface area (Å²) in [5.74, 6) is 0. The van der Waals surface area contributed by atoms with Crippen LogP contribution in [0.4, 0.5) is 0 Å². The molecule has 0 fully saturated rings. The van der Waals surface area contributed by atoms with Gasteiger partial charge in [-0.25, -0.2) is 9.97 Å². The number of fused-ring (bicyclic) bond motifs is 8. The fourth-order valence-corrected chi connectivity index (χ4v) is 3.20. The van der Waals surface area contributed by atoms with Gasteiger partial charge >= 0.3 is 0 Å². The van der Waals surface area contributed by atoms with E-state index in [9.17, 15) is 5.21 Å². The maximum Gasteiger partial charge on any atom is 0.0894 e. The van der Waals surface area contributed by atoms with Gasteiger partial charge in [-0.05, 0) is 66.7 Å². The van der Waals surface area contributed by atoms with Crippen molar-refractivity contribution in [2.75, 3.05) is 0 Å². The summed E-state index contributed by atoms with van der Waals surface area (Å²) in [6.45, 7) is 3.79. The van der Waals surface area contributed by atoms with E-state index in [-0.39, 0.29) is 6.04 Å². The van der Waals surface area contributed by atoms with Crippen LogP contribution in [0.25, 0.3) is 52.4 Å². The van der Waals surface area contributed by atoms with Crippen molar-refractivity contribution in [1.82, 2.24) is 19.7 Å². The van der Waals surface area contributed by atoms with Gasteiger partial charge in [0.2, 0.25) is 0 Å². The van der Waals surface area contributed by atoms with Crippen molar-refractivity contribution >= 4 is 52.4 Å². The topological polar surface area (TPSA) is 66.7 Å². The molecule has 0 spiro atoms. The summed E-state index contributed by atoms with van der Waals surface area (Å²) in [6.07, 6.45) is 9.10. The maximum absolute atomic E-state index is 10.7. The third-order valence-corrected chi connectivity index (χ3v) is 4.47. The Balaban J connectivity index is 1.94. The monoisotopic (exact) mass is 353 g/mol. The fraction of sp³-hybridized carbons (Fsp3) is 0. The molecule has 8 bridgehead atoms. The van der Waals surface area contributed by atoms with Crippen LogP contribution < -0.4 is 0 Å². The first-order valence-electron chi connectivity index (χ1n) is 9.03. The molecule has 5 nitrogen and oxygen atoms in total. The quantitative estimate of drug-likeness (QED) is 0.416. The largest absolute Gasteiger partial charge is 0.428 e. The number of nitrogens with one attached hydrogen (secondary N) is 1. The molecule has 3 aromatic rings. The Morgan fingerprint density at radius 3 is 2.07 bits per heavy atom. The number of H-pyrrole nitrogens is 1. The van der Waals surface area contributed by atoms with E-state index in [1.807, 2.05) is 48.6 Å². The second kappa shape index (κ2) is 5.85. The molecule has 3 aromatic heterocycles. The van der Waals surface area contributed by atoms with Gasteiger partial charge in [0.25, 0.3) is 0 Å². The number of hydrogen-bond acceptors (Lipinski definition) is 3. The minimum atomic E-state index is 0.188. The second-order valence-electron chi connectivity index (χ2n) is 6.36. The van der Waals surface area contributed by atoms with Gasteiger partial charge in [-0.2, -0.15) is 4.73 Å². The zero-order valence-electron chi connectivity index (χ0n) is 15.3. The molecule has 2 N–H and O–H groups in total. The van der Waals surface area contributed by atoms with Gasteiger partial charge in [0.15, 0.2) is 0 Å². The van der Waals surface area contributed by atoms with E-state index in [0.29, 0.717) is 28.0 Å². The van der Waals surface area contributed by atoms with Crippen LogP contribution >= 0.6 is 0 Å². The molecule has 130 valence electrons. The number of nitrogens with zero attached hydrogens (tertiary/aromatic N) is 3.